The number of carbonyl (C=O) groups excluding carboxylic acids is 2. The molecule has 0 bridgehead atoms. The van der Waals surface area contributed by atoms with Gasteiger partial charge in [-0.3, -0.25) is 9.59 Å². The van der Waals surface area contributed by atoms with Crippen LogP contribution < -0.4 is 23.7 Å². The van der Waals surface area contributed by atoms with Gasteiger partial charge in [-0.15, -0.1) is 0 Å². The van der Waals surface area contributed by atoms with E-state index in [1.807, 2.05) is 33.3 Å². The number of rotatable bonds is 17. The smallest absolute Gasteiger partial charge is 0.306 e. The Morgan fingerprint density at radius 2 is 1.33 bits per heavy atom. The zero-order valence-corrected chi connectivity index (χ0v) is 28.5. The number of methoxy groups -OCH3 is 5. The van der Waals surface area contributed by atoms with Crippen molar-refractivity contribution in [3.63, 3.8) is 0 Å². The van der Waals surface area contributed by atoms with Gasteiger partial charge in [0.15, 0.2) is 23.0 Å². The molecule has 0 aliphatic carbocycles. The Morgan fingerprint density at radius 1 is 0.778 bits per heavy atom. The SMILES string of the molecule is COc1cc2c(cc1OC)C(Cc1cc(OC)c(OC)c(OC)c1)[N+](C)(CCCOC(=O)CCC(=O)OCC[N+](C)(C)C)CC2. The van der Waals surface area contributed by atoms with Crippen molar-refractivity contribution in [2.24, 2.45) is 0 Å². The summed E-state index contributed by atoms with van der Waals surface area (Å²) in [6.07, 6.45) is 2.26. The number of likely N-dealkylation sites (N-methyl/N-ethyl adjacent to an activating group) is 2. The first-order valence-corrected chi connectivity index (χ1v) is 15.4. The molecule has 0 N–H and O–H groups in total. The van der Waals surface area contributed by atoms with Gasteiger partial charge < -0.3 is 42.1 Å². The standard InChI is InChI=1S/C34H52N2O9/c1-35(2,3)16-18-45-33(38)12-11-32(37)44-17-10-14-36(4)15-13-25-22-28(39-5)29(40-6)23-26(25)27(36)19-24-20-30(41-7)34(43-9)31(21-24)42-8/h20-23,27H,10-19H2,1-9H3/q+2. The van der Waals surface area contributed by atoms with Crippen LogP contribution in [0.4, 0.5) is 0 Å². The Kier molecular flexibility index (Phi) is 12.7. The van der Waals surface area contributed by atoms with Crippen molar-refractivity contribution in [1.82, 2.24) is 0 Å². The lowest BCUT2D eigenvalue weighted by molar-refractivity contribution is -0.941. The molecule has 0 fully saturated rings. The van der Waals surface area contributed by atoms with E-state index >= 15 is 0 Å². The highest BCUT2D eigenvalue weighted by atomic mass is 16.5. The fourth-order valence-corrected chi connectivity index (χ4v) is 5.80. The number of esters is 2. The third-order valence-corrected chi connectivity index (χ3v) is 8.44. The fraction of sp³-hybridized carbons (Fsp3) is 0.588. The monoisotopic (exact) mass is 632 g/mol. The van der Waals surface area contributed by atoms with E-state index in [2.05, 4.69) is 19.2 Å². The van der Waals surface area contributed by atoms with E-state index in [1.54, 1.807) is 35.5 Å². The summed E-state index contributed by atoms with van der Waals surface area (Å²) in [7, 11) is 16.5. The summed E-state index contributed by atoms with van der Waals surface area (Å²) >= 11 is 0. The highest BCUT2D eigenvalue weighted by Crippen LogP contribution is 2.44. The molecule has 0 saturated heterocycles. The number of ether oxygens (including phenoxy) is 7. The highest BCUT2D eigenvalue weighted by Gasteiger charge is 2.40. The normalized spacial score (nSPS) is 17.6. The summed E-state index contributed by atoms with van der Waals surface area (Å²) in [5, 5.41) is 0. The average molecular weight is 633 g/mol. The van der Waals surface area contributed by atoms with Gasteiger partial charge in [0, 0.05) is 24.8 Å². The van der Waals surface area contributed by atoms with Gasteiger partial charge in [-0.05, 0) is 35.4 Å². The van der Waals surface area contributed by atoms with Crippen molar-refractivity contribution in [3.8, 4) is 28.7 Å². The van der Waals surface area contributed by atoms with Crippen LogP contribution in [-0.4, -0.2) is 117 Å². The second-order valence-corrected chi connectivity index (χ2v) is 12.6. The Morgan fingerprint density at radius 3 is 1.87 bits per heavy atom. The van der Waals surface area contributed by atoms with Gasteiger partial charge >= 0.3 is 11.9 Å². The van der Waals surface area contributed by atoms with Gasteiger partial charge in [0.1, 0.15) is 19.2 Å². The molecule has 2 aromatic rings. The first kappa shape index (κ1) is 35.8. The van der Waals surface area contributed by atoms with E-state index in [4.69, 9.17) is 33.2 Å². The third kappa shape index (κ3) is 9.64. The van der Waals surface area contributed by atoms with Crippen LogP contribution in [0.2, 0.25) is 0 Å². The summed E-state index contributed by atoms with van der Waals surface area (Å²) in [6, 6.07) is 8.22. The molecular weight excluding hydrogens is 580 g/mol. The number of fused-ring (bicyclic) bond motifs is 1. The summed E-state index contributed by atoms with van der Waals surface area (Å²) < 4.78 is 40.3. The molecule has 0 saturated carbocycles. The third-order valence-electron chi connectivity index (χ3n) is 8.44. The molecule has 2 unspecified atom stereocenters. The molecule has 2 aromatic carbocycles. The number of hydrogen-bond acceptors (Lipinski definition) is 9. The number of hydrogen-bond donors (Lipinski definition) is 0. The van der Waals surface area contributed by atoms with E-state index in [1.165, 1.54) is 11.1 Å². The summed E-state index contributed by atoms with van der Waals surface area (Å²) in [5.74, 6) is 2.38. The fourth-order valence-electron chi connectivity index (χ4n) is 5.80. The van der Waals surface area contributed by atoms with Crippen LogP contribution >= 0.6 is 0 Å². The Labute approximate surface area is 268 Å². The molecule has 3 rings (SSSR count). The molecule has 45 heavy (non-hydrogen) atoms. The van der Waals surface area contributed by atoms with Gasteiger partial charge in [-0.1, -0.05) is 0 Å². The second-order valence-electron chi connectivity index (χ2n) is 12.6. The van der Waals surface area contributed by atoms with E-state index in [9.17, 15) is 9.59 Å². The van der Waals surface area contributed by atoms with Gasteiger partial charge in [-0.2, -0.15) is 0 Å². The van der Waals surface area contributed by atoms with Gasteiger partial charge in [0.05, 0.1) is 96.3 Å². The minimum absolute atomic E-state index is 0.00803. The topological polar surface area (TPSA) is 98.8 Å². The van der Waals surface area contributed by atoms with Crippen LogP contribution in [0, 0.1) is 0 Å². The van der Waals surface area contributed by atoms with Gasteiger partial charge in [0.25, 0.3) is 0 Å². The molecule has 1 aliphatic rings. The Bertz CT molecular complexity index is 1280. The Balaban J connectivity index is 1.73. The van der Waals surface area contributed by atoms with Crippen molar-refractivity contribution >= 4 is 11.9 Å². The minimum atomic E-state index is -0.393. The predicted molar refractivity (Wildman–Crippen MR) is 170 cm³/mol. The second kappa shape index (κ2) is 16.0. The molecule has 0 radical (unpaired) electrons. The van der Waals surface area contributed by atoms with Crippen LogP contribution in [-0.2, 0) is 31.9 Å². The van der Waals surface area contributed by atoms with Crippen LogP contribution in [0.1, 0.15) is 42.0 Å². The van der Waals surface area contributed by atoms with Crippen LogP contribution in [0.15, 0.2) is 24.3 Å². The first-order chi connectivity index (χ1) is 21.4. The lowest BCUT2D eigenvalue weighted by Crippen LogP contribution is -2.52. The van der Waals surface area contributed by atoms with E-state index in [-0.39, 0.29) is 31.5 Å². The summed E-state index contributed by atoms with van der Waals surface area (Å²) in [6.45, 7) is 2.98. The van der Waals surface area contributed by atoms with Crippen LogP contribution in [0.3, 0.4) is 0 Å². The number of carbonyl (C=O) groups is 2. The number of benzene rings is 2. The molecule has 0 spiro atoms. The molecule has 1 heterocycles. The zero-order valence-electron chi connectivity index (χ0n) is 28.5. The largest absolute Gasteiger partial charge is 0.493 e. The molecule has 0 amide bonds. The van der Waals surface area contributed by atoms with Crippen molar-refractivity contribution in [2.75, 3.05) is 96.6 Å². The van der Waals surface area contributed by atoms with Crippen LogP contribution in [0.5, 0.6) is 28.7 Å². The first-order valence-electron chi connectivity index (χ1n) is 15.4. The van der Waals surface area contributed by atoms with Crippen LogP contribution in [0.25, 0.3) is 0 Å². The maximum atomic E-state index is 12.4. The predicted octanol–water partition coefficient (Wildman–Crippen LogP) is 3.98. The summed E-state index contributed by atoms with van der Waals surface area (Å²) in [5.41, 5.74) is 3.46. The van der Waals surface area contributed by atoms with Crippen molar-refractivity contribution in [3.05, 3.63) is 41.0 Å². The van der Waals surface area contributed by atoms with Gasteiger partial charge in [-0.25, -0.2) is 0 Å². The van der Waals surface area contributed by atoms with Gasteiger partial charge in [0.2, 0.25) is 5.75 Å². The quantitative estimate of drug-likeness (QED) is 0.146. The van der Waals surface area contributed by atoms with Crippen molar-refractivity contribution < 1.29 is 51.7 Å². The molecule has 2 atom stereocenters. The average Bonchev–Trinajstić information content (AvgIpc) is 3.01. The highest BCUT2D eigenvalue weighted by molar-refractivity contribution is 5.77. The Hall–Kier alpha value is -3.70. The molecular formula is C34H52N2O9+2. The zero-order chi connectivity index (χ0) is 33.2. The minimum Gasteiger partial charge on any atom is -0.493 e. The molecule has 0 aromatic heterocycles. The maximum Gasteiger partial charge on any atom is 0.306 e. The van der Waals surface area contributed by atoms with E-state index in [0.29, 0.717) is 59.2 Å². The lowest BCUT2D eigenvalue weighted by atomic mass is 9.86. The molecule has 250 valence electrons. The summed E-state index contributed by atoms with van der Waals surface area (Å²) in [4.78, 5) is 24.4. The van der Waals surface area contributed by atoms with E-state index in [0.717, 1.165) is 29.6 Å². The van der Waals surface area contributed by atoms with E-state index < -0.39 is 5.97 Å². The van der Waals surface area contributed by atoms with Crippen molar-refractivity contribution in [2.45, 2.75) is 38.1 Å². The number of quaternary nitrogens is 2. The lowest BCUT2D eigenvalue weighted by Gasteiger charge is -2.46. The molecule has 11 nitrogen and oxygen atoms in total. The maximum absolute atomic E-state index is 12.4. The molecule has 11 heteroatoms. The molecule has 1 aliphatic heterocycles. The van der Waals surface area contributed by atoms with Crippen molar-refractivity contribution in [1.29, 1.82) is 0 Å². The number of nitrogens with zero attached hydrogens (tertiary/aromatic N) is 2.